The summed E-state index contributed by atoms with van der Waals surface area (Å²) in [5.41, 5.74) is 5.96. The summed E-state index contributed by atoms with van der Waals surface area (Å²) in [6.45, 7) is 0. The number of benzene rings is 1. The van der Waals surface area contributed by atoms with Gasteiger partial charge in [0.1, 0.15) is 5.82 Å². The summed E-state index contributed by atoms with van der Waals surface area (Å²) >= 11 is 0. The summed E-state index contributed by atoms with van der Waals surface area (Å²) in [5.74, 6) is -3.23. The lowest BCUT2D eigenvalue weighted by molar-refractivity contribution is 0.496. The van der Waals surface area contributed by atoms with Crippen LogP contribution in [0.15, 0.2) is 30.6 Å². The van der Waals surface area contributed by atoms with E-state index in [1.165, 1.54) is 18.5 Å². The first kappa shape index (κ1) is 10.5. The third-order valence-electron chi connectivity index (χ3n) is 2.15. The Balaban J connectivity index is 2.65. The van der Waals surface area contributed by atoms with Gasteiger partial charge in [-0.1, -0.05) is 0 Å². The highest BCUT2D eigenvalue weighted by molar-refractivity contribution is 5.75. The van der Waals surface area contributed by atoms with Crippen molar-refractivity contribution >= 4 is 5.69 Å². The maximum Gasteiger partial charge on any atom is 0.161 e. The van der Waals surface area contributed by atoms with Crippen LogP contribution in [0.5, 0.6) is 0 Å². The molecule has 0 atom stereocenters. The average Bonchev–Trinajstić information content (AvgIpc) is 2.25. The van der Waals surface area contributed by atoms with Gasteiger partial charge in [0.15, 0.2) is 11.6 Å². The van der Waals surface area contributed by atoms with Crippen molar-refractivity contribution in [3.63, 3.8) is 0 Å². The van der Waals surface area contributed by atoms with E-state index in [-0.39, 0.29) is 16.8 Å². The van der Waals surface area contributed by atoms with E-state index >= 15 is 0 Å². The largest absolute Gasteiger partial charge is 0.398 e. The molecule has 0 aliphatic carbocycles. The van der Waals surface area contributed by atoms with E-state index in [4.69, 9.17) is 5.73 Å². The van der Waals surface area contributed by atoms with Crippen LogP contribution in [0.2, 0.25) is 0 Å². The molecule has 0 fully saturated rings. The minimum atomic E-state index is -1.23. The fourth-order valence-corrected chi connectivity index (χ4v) is 1.36. The molecule has 16 heavy (non-hydrogen) atoms. The van der Waals surface area contributed by atoms with Crippen molar-refractivity contribution in [1.29, 1.82) is 0 Å². The maximum atomic E-state index is 13.4. The summed E-state index contributed by atoms with van der Waals surface area (Å²) in [4.78, 5) is 3.75. The lowest BCUT2D eigenvalue weighted by Gasteiger charge is -2.06. The van der Waals surface area contributed by atoms with Crippen molar-refractivity contribution in [2.45, 2.75) is 0 Å². The minimum absolute atomic E-state index is 0.107. The smallest absolute Gasteiger partial charge is 0.161 e. The van der Waals surface area contributed by atoms with E-state index in [0.29, 0.717) is 6.07 Å². The molecule has 2 N–H and O–H groups in total. The first-order chi connectivity index (χ1) is 7.59. The third kappa shape index (κ3) is 1.71. The Labute approximate surface area is 89.5 Å². The van der Waals surface area contributed by atoms with Gasteiger partial charge in [-0.2, -0.15) is 0 Å². The normalized spacial score (nSPS) is 10.4. The van der Waals surface area contributed by atoms with Crippen LogP contribution in [0.25, 0.3) is 11.1 Å². The van der Waals surface area contributed by atoms with Gasteiger partial charge in [-0.3, -0.25) is 4.98 Å². The van der Waals surface area contributed by atoms with E-state index in [1.54, 1.807) is 0 Å². The maximum absolute atomic E-state index is 13.4. The molecule has 0 aliphatic heterocycles. The van der Waals surface area contributed by atoms with E-state index < -0.39 is 17.5 Å². The van der Waals surface area contributed by atoms with Crippen LogP contribution < -0.4 is 5.73 Å². The summed E-state index contributed by atoms with van der Waals surface area (Å²) < 4.78 is 39.1. The van der Waals surface area contributed by atoms with Crippen molar-refractivity contribution in [2.75, 3.05) is 5.73 Å². The van der Waals surface area contributed by atoms with E-state index in [2.05, 4.69) is 4.98 Å². The van der Waals surface area contributed by atoms with Crippen molar-refractivity contribution in [1.82, 2.24) is 4.98 Å². The van der Waals surface area contributed by atoms with Gasteiger partial charge in [0, 0.05) is 35.3 Å². The Kier molecular flexibility index (Phi) is 2.52. The van der Waals surface area contributed by atoms with Crippen molar-refractivity contribution in [2.24, 2.45) is 0 Å². The highest BCUT2D eigenvalue weighted by Crippen LogP contribution is 2.28. The number of hydrogen-bond donors (Lipinski definition) is 1. The van der Waals surface area contributed by atoms with Crippen LogP contribution in [-0.4, -0.2) is 4.98 Å². The highest BCUT2D eigenvalue weighted by Gasteiger charge is 2.13. The van der Waals surface area contributed by atoms with Crippen LogP contribution in [0.4, 0.5) is 18.9 Å². The molecule has 5 heteroatoms. The number of hydrogen-bond acceptors (Lipinski definition) is 2. The zero-order chi connectivity index (χ0) is 11.7. The lowest BCUT2D eigenvalue weighted by atomic mass is 10.1. The van der Waals surface area contributed by atoms with Gasteiger partial charge in [-0.15, -0.1) is 0 Å². The van der Waals surface area contributed by atoms with Gasteiger partial charge < -0.3 is 5.73 Å². The van der Waals surface area contributed by atoms with Crippen molar-refractivity contribution < 1.29 is 13.2 Å². The van der Waals surface area contributed by atoms with E-state index in [1.807, 2.05) is 0 Å². The lowest BCUT2D eigenvalue weighted by Crippen LogP contribution is -1.95. The van der Waals surface area contributed by atoms with Crippen molar-refractivity contribution in [3.05, 3.63) is 48.0 Å². The molecule has 0 unspecified atom stereocenters. The second kappa shape index (κ2) is 3.84. The molecule has 1 aromatic carbocycles. The zero-order valence-corrected chi connectivity index (χ0v) is 8.05. The molecular weight excluding hydrogens is 217 g/mol. The molecule has 0 spiro atoms. The number of nitrogens with zero attached hydrogens (tertiary/aromatic N) is 1. The Morgan fingerprint density at radius 3 is 2.31 bits per heavy atom. The summed E-state index contributed by atoms with van der Waals surface area (Å²) in [5, 5.41) is 0. The highest BCUT2D eigenvalue weighted by atomic mass is 19.2. The topological polar surface area (TPSA) is 38.9 Å². The number of rotatable bonds is 1. The average molecular weight is 224 g/mol. The second-order valence-corrected chi connectivity index (χ2v) is 3.21. The Morgan fingerprint density at radius 1 is 0.938 bits per heavy atom. The first-order valence-electron chi connectivity index (χ1n) is 4.44. The van der Waals surface area contributed by atoms with Gasteiger partial charge in [-0.05, 0) is 12.1 Å². The number of aromatic nitrogens is 1. The predicted molar refractivity (Wildman–Crippen MR) is 54.0 cm³/mol. The van der Waals surface area contributed by atoms with Gasteiger partial charge in [-0.25, -0.2) is 13.2 Å². The molecule has 2 aromatic rings. The molecule has 0 saturated heterocycles. The van der Waals surface area contributed by atoms with Gasteiger partial charge in [0.25, 0.3) is 0 Å². The molecule has 1 aromatic heterocycles. The summed E-state index contributed by atoms with van der Waals surface area (Å²) in [6.07, 6.45) is 2.72. The van der Waals surface area contributed by atoms with Crippen LogP contribution in [0, 0.1) is 17.5 Å². The number of nitrogen functional groups attached to an aromatic ring is 1. The SMILES string of the molecule is Nc1ccncc1-c1cc(F)c(F)cc1F. The molecule has 1 heterocycles. The quantitative estimate of drug-likeness (QED) is 0.756. The zero-order valence-electron chi connectivity index (χ0n) is 8.05. The van der Waals surface area contributed by atoms with Crippen LogP contribution in [0.1, 0.15) is 0 Å². The number of halogens is 3. The molecule has 0 aliphatic rings. The van der Waals surface area contributed by atoms with Crippen molar-refractivity contribution in [3.8, 4) is 11.1 Å². The molecule has 0 saturated carbocycles. The molecule has 0 bridgehead atoms. The fourth-order valence-electron chi connectivity index (χ4n) is 1.36. The molecule has 2 rings (SSSR count). The fraction of sp³-hybridized carbons (Fsp3) is 0. The van der Waals surface area contributed by atoms with Crippen LogP contribution in [0.3, 0.4) is 0 Å². The van der Waals surface area contributed by atoms with Crippen LogP contribution >= 0.6 is 0 Å². The minimum Gasteiger partial charge on any atom is -0.398 e. The summed E-state index contributed by atoms with van der Waals surface area (Å²) in [6, 6.07) is 2.70. The third-order valence-corrected chi connectivity index (χ3v) is 2.15. The molecule has 2 nitrogen and oxygen atoms in total. The van der Waals surface area contributed by atoms with Gasteiger partial charge in [0.2, 0.25) is 0 Å². The molecular formula is C11H7F3N2. The summed E-state index contributed by atoms with van der Waals surface area (Å²) in [7, 11) is 0. The van der Waals surface area contributed by atoms with Crippen LogP contribution in [-0.2, 0) is 0 Å². The molecule has 82 valence electrons. The Bertz CT molecular complexity index is 541. The van der Waals surface area contributed by atoms with E-state index in [0.717, 1.165) is 6.07 Å². The Morgan fingerprint density at radius 2 is 1.62 bits per heavy atom. The van der Waals surface area contributed by atoms with Gasteiger partial charge in [0.05, 0.1) is 0 Å². The second-order valence-electron chi connectivity index (χ2n) is 3.21. The number of pyridine rings is 1. The molecule has 0 amide bonds. The standard InChI is InChI=1S/C11H7F3N2/c12-8-4-10(14)9(13)3-6(8)7-5-16-2-1-11(7)15/h1-5H,(H2,15,16). The molecule has 0 radical (unpaired) electrons. The Hall–Kier alpha value is -2.04. The predicted octanol–water partition coefficient (Wildman–Crippen LogP) is 2.75. The van der Waals surface area contributed by atoms with E-state index in [9.17, 15) is 13.2 Å². The number of nitrogens with two attached hydrogens (primary N) is 1. The first-order valence-corrected chi connectivity index (χ1v) is 4.44. The number of anilines is 1. The monoisotopic (exact) mass is 224 g/mol. The van der Waals surface area contributed by atoms with Gasteiger partial charge >= 0.3 is 0 Å².